The molecule has 2 heterocycles. The third-order valence-corrected chi connectivity index (χ3v) is 4.28. The summed E-state index contributed by atoms with van der Waals surface area (Å²) < 4.78 is 1.69. The fourth-order valence-corrected chi connectivity index (χ4v) is 3.11. The zero-order valence-corrected chi connectivity index (χ0v) is 12.7. The van der Waals surface area contributed by atoms with Gasteiger partial charge in [-0.15, -0.1) is 5.10 Å². The average molecular weight is 321 g/mol. The van der Waals surface area contributed by atoms with Gasteiger partial charge in [-0.05, 0) is 22.6 Å². The molecule has 0 radical (unpaired) electrons. The van der Waals surface area contributed by atoms with E-state index in [1.807, 2.05) is 24.3 Å². The van der Waals surface area contributed by atoms with E-state index in [4.69, 9.17) is 17.3 Å². The summed E-state index contributed by atoms with van der Waals surface area (Å²) in [5.74, 6) is 0.654. The summed E-state index contributed by atoms with van der Waals surface area (Å²) in [4.78, 5) is 4.41. The van der Waals surface area contributed by atoms with Crippen molar-refractivity contribution in [3.8, 4) is 0 Å². The second-order valence-electron chi connectivity index (χ2n) is 4.39. The Morgan fingerprint density at radius 2 is 2.14 bits per heavy atom. The third kappa shape index (κ3) is 3.15. The Kier molecular flexibility index (Phi) is 4.33. The molecule has 0 bridgehead atoms. The van der Waals surface area contributed by atoms with E-state index in [9.17, 15) is 0 Å². The summed E-state index contributed by atoms with van der Waals surface area (Å²) in [6.07, 6.45) is 0. The van der Waals surface area contributed by atoms with Crippen molar-refractivity contribution in [2.75, 3.05) is 6.54 Å². The molecule has 0 aliphatic carbocycles. The summed E-state index contributed by atoms with van der Waals surface area (Å²) >= 11 is 7.76. The number of aromatic nitrogens is 5. The Labute approximate surface area is 130 Å². The van der Waals surface area contributed by atoms with Gasteiger partial charge in [0, 0.05) is 23.2 Å². The molecule has 2 N–H and O–H groups in total. The molecule has 0 aliphatic rings. The van der Waals surface area contributed by atoms with Crippen molar-refractivity contribution in [3.63, 3.8) is 0 Å². The standard InChI is InChI=1S/C13H13ClN6S/c14-12-10(7-9-3-1-2-4-11(9)16-12)8-21-13-17-18-19-20(13)6-5-15/h1-4,7H,5-6,8,15H2. The third-order valence-electron chi connectivity index (χ3n) is 2.95. The summed E-state index contributed by atoms with van der Waals surface area (Å²) in [5.41, 5.74) is 7.38. The lowest BCUT2D eigenvalue weighted by atomic mass is 10.2. The predicted molar refractivity (Wildman–Crippen MR) is 83.2 cm³/mol. The summed E-state index contributed by atoms with van der Waals surface area (Å²) in [7, 11) is 0. The van der Waals surface area contributed by atoms with Crippen LogP contribution in [0.3, 0.4) is 0 Å². The number of rotatable bonds is 5. The Balaban J connectivity index is 1.81. The van der Waals surface area contributed by atoms with Crippen molar-refractivity contribution < 1.29 is 0 Å². The van der Waals surface area contributed by atoms with Gasteiger partial charge < -0.3 is 5.73 Å². The first-order valence-electron chi connectivity index (χ1n) is 6.41. The van der Waals surface area contributed by atoms with Crippen LogP contribution >= 0.6 is 23.4 Å². The molecular formula is C13H13ClN6S. The predicted octanol–water partition coefficient (Wildman–Crippen LogP) is 2.13. The van der Waals surface area contributed by atoms with Crippen molar-refractivity contribution in [2.24, 2.45) is 5.73 Å². The molecule has 6 nitrogen and oxygen atoms in total. The van der Waals surface area contributed by atoms with Crippen LogP contribution in [0, 0.1) is 0 Å². The van der Waals surface area contributed by atoms with Crippen LogP contribution in [0.2, 0.25) is 5.15 Å². The molecule has 0 unspecified atom stereocenters. The van der Waals surface area contributed by atoms with Crippen LogP contribution in [0.1, 0.15) is 5.56 Å². The van der Waals surface area contributed by atoms with Crippen LogP contribution in [0.15, 0.2) is 35.5 Å². The maximum Gasteiger partial charge on any atom is 0.209 e. The van der Waals surface area contributed by atoms with E-state index in [2.05, 4.69) is 26.6 Å². The van der Waals surface area contributed by atoms with Crippen molar-refractivity contribution >= 4 is 34.3 Å². The number of nitrogens with zero attached hydrogens (tertiary/aromatic N) is 5. The minimum absolute atomic E-state index is 0.497. The maximum atomic E-state index is 6.24. The molecule has 0 fully saturated rings. The van der Waals surface area contributed by atoms with Gasteiger partial charge in [0.25, 0.3) is 0 Å². The fourth-order valence-electron chi connectivity index (χ4n) is 1.94. The topological polar surface area (TPSA) is 82.5 Å². The summed E-state index contributed by atoms with van der Waals surface area (Å²) in [6, 6.07) is 9.94. The highest BCUT2D eigenvalue weighted by molar-refractivity contribution is 7.98. The smallest absolute Gasteiger partial charge is 0.209 e. The first-order chi connectivity index (χ1) is 10.3. The highest BCUT2D eigenvalue weighted by Crippen LogP contribution is 2.26. The van der Waals surface area contributed by atoms with Gasteiger partial charge in [-0.25, -0.2) is 9.67 Å². The lowest BCUT2D eigenvalue weighted by molar-refractivity contribution is 0.557. The lowest BCUT2D eigenvalue weighted by Gasteiger charge is -2.06. The molecule has 0 amide bonds. The number of hydrogen-bond donors (Lipinski definition) is 1. The molecule has 0 saturated carbocycles. The molecule has 0 spiro atoms. The first kappa shape index (κ1) is 14.2. The van der Waals surface area contributed by atoms with Gasteiger partial charge in [0.15, 0.2) is 0 Å². The van der Waals surface area contributed by atoms with Crippen molar-refractivity contribution in [1.29, 1.82) is 0 Å². The van der Waals surface area contributed by atoms with Gasteiger partial charge in [0.2, 0.25) is 5.16 Å². The number of para-hydroxylation sites is 1. The second kappa shape index (κ2) is 6.38. The molecule has 0 aliphatic heterocycles. The molecule has 3 aromatic rings. The zero-order valence-electron chi connectivity index (χ0n) is 11.1. The molecule has 1 aromatic carbocycles. The Bertz CT molecular complexity index is 759. The number of benzene rings is 1. The van der Waals surface area contributed by atoms with Gasteiger partial charge in [-0.2, -0.15) is 0 Å². The lowest BCUT2D eigenvalue weighted by Crippen LogP contribution is -2.12. The van der Waals surface area contributed by atoms with Gasteiger partial charge in [0.05, 0.1) is 12.1 Å². The molecule has 21 heavy (non-hydrogen) atoms. The highest BCUT2D eigenvalue weighted by atomic mass is 35.5. The van der Waals surface area contributed by atoms with Crippen LogP contribution in [0.25, 0.3) is 10.9 Å². The van der Waals surface area contributed by atoms with E-state index in [1.165, 1.54) is 11.8 Å². The molecular weight excluding hydrogens is 308 g/mol. The van der Waals surface area contributed by atoms with Gasteiger partial charge in [-0.3, -0.25) is 0 Å². The molecule has 3 rings (SSSR count). The van der Waals surface area contributed by atoms with Gasteiger partial charge in [-0.1, -0.05) is 41.6 Å². The van der Waals surface area contributed by atoms with Gasteiger partial charge >= 0.3 is 0 Å². The van der Waals surface area contributed by atoms with Crippen molar-refractivity contribution in [2.45, 2.75) is 17.5 Å². The number of hydrogen-bond acceptors (Lipinski definition) is 6. The first-order valence-corrected chi connectivity index (χ1v) is 7.77. The number of halogens is 1. The second-order valence-corrected chi connectivity index (χ2v) is 5.69. The zero-order chi connectivity index (χ0) is 14.7. The van der Waals surface area contributed by atoms with E-state index in [0.29, 0.717) is 24.0 Å². The van der Waals surface area contributed by atoms with E-state index in [1.54, 1.807) is 4.68 Å². The number of tetrazole rings is 1. The Hall–Kier alpha value is -1.70. The van der Waals surface area contributed by atoms with Crippen LogP contribution in [0.4, 0.5) is 0 Å². The van der Waals surface area contributed by atoms with Crippen LogP contribution in [-0.4, -0.2) is 31.7 Å². The SMILES string of the molecule is NCCn1nnnc1SCc1cc2ccccc2nc1Cl. The minimum atomic E-state index is 0.497. The molecule has 8 heteroatoms. The van der Waals surface area contributed by atoms with Crippen LogP contribution < -0.4 is 5.73 Å². The van der Waals surface area contributed by atoms with Gasteiger partial charge in [0.1, 0.15) is 5.15 Å². The van der Waals surface area contributed by atoms with E-state index >= 15 is 0 Å². The highest BCUT2D eigenvalue weighted by Gasteiger charge is 2.10. The van der Waals surface area contributed by atoms with Crippen molar-refractivity contribution in [1.82, 2.24) is 25.2 Å². The Morgan fingerprint density at radius 1 is 1.29 bits per heavy atom. The average Bonchev–Trinajstić information content (AvgIpc) is 2.93. The minimum Gasteiger partial charge on any atom is -0.329 e. The number of nitrogens with two attached hydrogens (primary N) is 1. The van der Waals surface area contributed by atoms with Crippen LogP contribution in [-0.2, 0) is 12.3 Å². The van der Waals surface area contributed by atoms with E-state index in [-0.39, 0.29) is 0 Å². The summed E-state index contributed by atoms with van der Waals surface area (Å²) in [6.45, 7) is 1.09. The molecule has 108 valence electrons. The maximum absolute atomic E-state index is 6.24. The largest absolute Gasteiger partial charge is 0.329 e. The van der Waals surface area contributed by atoms with Crippen molar-refractivity contribution in [3.05, 3.63) is 41.0 Å². The number of thioether (sulfide) groups is 1. The summed E-state index contributed by atoms with van der Waals surface area (Å²) in [5, 5.41) is 13.9. The monoisotopic (exact) mass is 320 g/mol. The van der Waals surface area contributed by atoms with E-state index in [0.717, 1.165) is 21.6 Å². The van der Waals surface area contributed by atoms with E-state index < -0.39 is 0 Å². The quantitative estimate of drug-likeness (QED) is 0.573. The number of fused-ring (bicyclic) bond motifs is 1. The van der Waals surface area contributed by atoms with Crippen LogP contribution in [0.5, 0.6) is 0 Å². The molecule has 0 atom stereocenters. The fraction of sp³-hybridized carbons (Fsp3) is 0.231. The number of pyridine rings is 1. The normalized spacial score (nSPS) is 11.1. The molecule has 0 saturated heterocycles. The molecule has 2 aromatic heterocycles. The Morgan fingerprint density at radius 3 is 3.00 bits per heavy atom.